The van der Waals surface area contributed by atoms with Gasteiger partial charge in [-0.05, 0) is 50.1 Å². The van der Waals surface area contributed by atoms with Crippen molar-refractivity contribution in [3.8, 4) is 11.5 Å². The van der Waals surface area contributed by atoms with Gasteiger partial charge in [-0.3, -0.25) is 9.79 Å². The third kappa shape index (κ3) is 6.69. The minimum Gasteiger partial charge on any atom is -0.493 e. The summed E-state index contributed by atoms with van der Waals surface area (Å²) in [6.45, 7) is 7.07. The number of benzene rings is 2. The van der Waals surface area contributed by atoms with Crippen molar-refractivity contribution in [2.24, 2.45) is 4.99 Å². The molecule has 0 aliphatic carbocycles. The topological polar surface area (TPSA) is 84.0 Å². The van der Waals surface area contributed by atoms with E-state index < -0.39 is 0 Å². The molecular weight excluding hydrogens is 380 g/mol. The minimum atomic E-state index is -0.0600. The highest BCUT2D eigenvalue weighted by molar-refractivity contribution is 5.95. The number of anilines is 1. The lowest BCUT2D eigenvalue weighted by Crippen LogP contribution is -2.32. The molecule has 7 nitrogen and oxygen atoms in total. The Morgan fingerprint density at radius 3 is 2.60 bits per heavy atom. The molecule has 0 aliphatic heterocycles. The van der Waals surface area contributed by atoms with E-state index in [4.69, 9.17) is 9.47 Å². The van der Waals surface area contributed by atoms with E-state index in [9.17, 15) is 4.79 Å². The first-order valence-electron chi connectivity index (χ1n) is 10.2. The number of aliphatic imine (C=N–C) groups is 1. The van der Waals surface area contributed by atoms with E-state index in [1.165, 1.54) is 0 Å². The standard InChI is InChI=1S/C23H32N4O3/c1-6-16(3)26-22(28)18-10-8-9-17(13-18)15-25-23(24-4)27-19-11-12-20(30-7-2)21(14-19)29-5/h8-14,16H,6-7,15H2,1-5H3,(H,26,28)(H2,24,25,27). The molecule has 0 aliphatic rings. The van der Waals surface area contributed by atoms with Crippen molar-refractivity contribution in [2.45, 2.75) is 39.8 Å². The van der Waals surface area contributed by atoms with E-state index in [1.54, 1.807) is 14.2 Å². The van der Waals surface area contributed by atoms with Crippen LogP contribution in [0.15, 0.2) is 47.5 Å². The highest BCUT2D eigenvalue weighted by Crippen LogP contribution is 2.30. The number of nitrogens with zero attached hydrogens (tertiary/aromatic N) is 1. The monoisotopic (exact) mass is 412 g/mol. The van der Waals surface area contributed by atoms with Gasteiger partial charge in [0.05, 0.1) is 13.7 Å². The largest absolute Gasteiger partial charge is 0.493 e. The van der Waals surface area contributed by atoms with Crippen molar-refractivity contribution in [3.63, 3.8) is 0 Å². The first kappa shape index (κ1) is 23.1. The number of methoxy groups -OCH3 is 1. The van der Waals surface area contributed by atoms with E-state index >= 15 is 0 Å². The van der Waals surface area contributed by atoms with E-state index in [-0.39, 0.29) is 11.9 Å². The molecule has 3 N–H and O–H groups in total. The molecule has 1 amide bonds. The third-order valence-electron chi connectivity index (χ3n) is 4.59. The summed E-state index contributed by atoms with van der Waals surface area (Å²) in [6, 6.07) is 13.3. The number of amides is 1. The summed E-state index contributed by atoms with van der Waals surface area (Å²) in [4.78, 5) is 16.6. The molecule has 0 radical (unpaired) electrons. The van der Waals surface area contributed by atoms with E-state index in [2.05, 4.69) is 20.9 Å². The Balaban J connectivity index is 2.01. The second-order valence-corrected chi connectivity index (χ2v) is 6.83. The number of ether oxygens (including phenoxy) is 2. The quantitative estimate of drug-likeness (QED) is 0.431. The van der Waals surface area contributed by atoms with Gasteiger partial charge in [0.25, 0.3) is 5.91 Å². The van der Waals surface area contributed by atoms with Gasteiger partial charge >= 0.3 is 0 Å². The molecule has 30 heavy (non-hydrogen) atoms. The van der Waals surface area contributed by atoms with Gasteiger partial charge in [0.2, 0.25) is 0 Å². The van der Waals surface area contributed by atoms with Crippen molar-refractivity contribution in [1.82, 2.24) is 10.6 Å². The van der Waals surface area contributed by atoms with Crippen LogP contribution in [0.2, 0.25) is 0 Å². The molecule has 162 valence electrons. The predicted octanol–water partition coefficient (Wildman–Crippen LogP) is 3.81. The molecule has 1 atom stereocenters. The molecule has 0 aromatic heterocycles. The van der Waals surface area contributed by atoms with Crippen LogP contribution in [-0.4, -0.2) is 38.7 Å². The Kier molecular flexibility index (Phi) is 9.00. The number of carbonyl (C=O) groups is 1. The summed E-state index contributed by atoms with van der Waals surface area (Å²) in [5.74, 6) is 1.89. The van der Waals surface area contributed by atoms with Gasteiger partial charge in [-0.1, -0.05) is 19.1 Å². The molecule has 0 saturated heterocycles. The first-order chi connectivity index (χ1) is 14.5. The molecule has 2 rings (SSSR count). The van der Waals surface area contributed by atoms with Crippen LogP contribution in [0, 0.1) is 0 Å². The molecule has 7 heteroatoms. The van der Waals surface area contributed by atoms with E-state index in [0.29, 0.717) is 36.2 Å². The summed E-state index contributed by atoms with van der Waals surface area (Å²) in [5.41, 5.74) is 2.46. The Hall–Kier alpha value is -3.22. The Labute approximate surface area is 178 Å². The maximum absolute atomic E-state index is 12.3. The smallest absolute Gasteiger partial charge is 0.251 e. The molecule has 0 spiro atoms. The Morgan fingerprint density at radius 1 is 1.13 bits per heavy atom. The summed E-state index contributed by atoms with van der Waals surface area (Å²) < 4.78 is 10.9. The lowest BCUT2D eigenvalue weighted by atomic mass is 10.1. The molecule has 0 saturated carbocycles. The summed E-state index contributed by atoms with van der Waals surface area (Å²) in [7, 11) is 3.32. The van der Waals surface area contributed by atoms with Crippen LogP contribution in [0.1, 0.15) is 43.1 Å². The number of rotatable bonds is 9. The zero-order valence-electron chi connectivity index (χ0n) is 18.4. The fraction of sp³-hybridized carbons (Fsp3) is 0.391. The normalized spacial score (nSPS) is 12.1. The fourth-order valence-electron chi connectivity index (χ4n) is 2.75. The number of hydrogen-bond acceptors (Lipinski definition) is 4. The molecule has 0 heterocycles. The molecule has 0 bridgehead atoms. The van der Waals surface area contributed by atoms with Crippen LogP contribution in [0.5, 0.6) is 11.5 Å². The predicted molar refractivity (Wildman–Crippen MR) is 122 cm³/mol. The molecule has 2 aromatic rings. The van der Waals surface area contributed by atoms with Crippen LogP contribution in [0.4, 0.5) is 5.69 Å². The molecular formula is C23H32N4O3. The lowest BCUT2D eigenvalue weighted by Gasteiger charge is -2.15. The SMILES string of the molecule is CCOc1ccc(NC(=NC)NCc2cccc(C(=O)NC(C)CC)c2)cc1OC. The maximum Gasteiger partial charge on any atom is 0.251 e. The number of hydrogen-bond donors (Lipinski definition) is 3. The lowest BCUT2D eigenvalue weighted by molar-refractivity contribution is 0.0939. The van der Waals surface area contributed by atoms with Gasteiger partial charge < -0.3 is 25.4 Å². The fourth-order valence-corrected chi connectivity index (χ4v) is 2.75. The highest BCUT2D eigenvalue weighted by atomic mass is 16.5. The van der Waals surface area contributed by atoms with Crippen molar-refractivity contribution in [1.29, 1.82) is 0 Å². The number of nitrogens with one attached hydrogen (secondary N) is 3. The van der Waals surface area contributed by atoms with Gasteiger partial charge in [0.1, 0.15) is 0 Å². The molecule has 0 fully saturated rings. The van der Waals surface area contributed by atoms with E-state index in [1.807, 2.05) is 63.2 Å². The van der Waals surface area contributed by atoms with Gasteiger partial charge in [0.15, 0.2) is 17.5 Å². The van der Waals surface area contributed by atoms with Crippen molar-refractivity contribution in [3.05, 3.63) is 53.6 Å². The number of carbonyl (C=O) groups excluding carboxylic acids is 1. The first-order valence-corrected chi connectivity index (χ1v) is 10.2. The van der Waals surface area contributed by atoms with Crippen molar-refractivity contribution < 1.29 is 14.3 Å². The van der Waals surface area contributed by atoms with Crippen molar-refractivity contribution >= 4 is 17.6 Å². The second kappa shape index (κ2) is 11.7. The zero-order valence-corrected chi connectivity index (χ0v) is 18.4. The van der Waals surface area contributed by atoms with E-state index in [0.717, 1.165) is 17.7 Å². The molecule has 2 aromatic carbocycles. The Bertz CT molecular complexity index is 867. The zero-order chi connectivity index (χ0) is 21.9. The van der Waals surface area contributed by atoms with Gasteiger partial charge in [-0.2, -0.15) is 0 Å². The highest BCUT2D eigenvalue weighted by Gasteiger charge is 2.10. The summed E-state index contributed by atoms with van der Waals surface area (Å²) >= 11 is 0. The second-order valence-electron chi connectivity index (χ2n) is 6.83. The number of guanidine groups is 1. The summed E-state index contributed by atoms with van der Waals surface area (Å²) in [5, 5.41) is 9.49. The van der Waals surface area contributed by atoms with Crippen LogP contribution >= 0.6 is 0 Å². The minimum absolute atomic E-state index is 0.0600. The van der Waals surface area contributed by atoms with Crippen LogP contribution < -0.4 is 25.4 Å². The maximum atomic E-state index is 12.3. The van der Waals surface area contributed by atoms with Crippen LogP contribution in [0.25, 0.3) is 0 Å². The molecule has 1 unspecified atom stereocenters. The average Bonchev–Trinajstić information content (AvgIpc) is 2.77. The van der Waals surface area contributed by atoms with Gasteiger partial charge in [-0.15, -0.1) is 0 Å². The van der Waals surface area contributed by atoms with Gasteiger partial charge in [0, 0.05) is 37.0 Å². The Morgan fingerprint density at radius 2 is 1.93 bits per heavy atom. The van der Waals surface area contributed by atoms with Gasteiger partial charge in [-0.25, -0.2) is 0 Å². The van der Waals surface area contributed by atoms with Crippen molar-refractivity contribution in [2.75, 3.05) is 26.1 Å². The average molecular weight is 413 g/mol. The van der Waals surface area contributed by atoms with Crippen LogP contribution in [-0.2, 0) is 6.54 Å². The third-order valence-corrected chi connectivity index (χ3v) is 4.59. The van der Waals surface area contributed by atoms with Crippen LogP contribution in [0.3, 0.4) is 0 Å². The summed E-state index contributed by atoms with van der Waals surface area (Å²) in [6.07, 6.45) is 0.894.